The molecule has 5 nitrogen and oxygen atoms in total. The topological polar surface area (TPSA) is 62.4 Å². The van der Waals surface area contributed by atoms with E-state index in [2.05, 4.69) is 38.5 Å². The molecule has 2 aromatic rings. The van der Waals surface area contributed by atoms with Crippen molar-refractivity contribution in [3.05, 3.63) is 57.2 Å². The normalized spacial score (nSPS) is 12.1. The van der Waals surface area contributed by atoms with E-state index in [1.807, 2.05) is 25.1 Å². The van der Waals surface area contributed by atoms with E-state index in [0.717, 1.165) is 14.8 Å². The van der Waals surface area contributed by atoms with Gasteiger partial charge >= 0.3 is 0 Å². The summed E-state index contributed by atoms with van der Waals surface area (Å²) in [5.74, 6) is -0.0761. The van der Waals surface area contributed by atoms with Crippen molar-refractivity contribution in [2.45, 2.75) is 16.9 Å². The Morgan fingerprint density at radius 1 is 1.18 bits per heavy atom. The van der Waals surface area contributed by atoms with Crippen molar-refractivity contribution >= 4 is 86.3 Å². The number of thiocarbonyl (C=S) groups is 1. The summed E-state index contributed by atoms with van der Waals surface area (Å²) in [6, 6.07) is 12.6. The number of alkyl halides is 3. The summed E-state index contributed by atoms with van der Waals surface area (Å²) in [4.78, 5) is 12.6. The first-order valence-electron chi connectivity index (χ1n) is 7.96. The van der Waals surface area contributed by atoms with E-state index < -0.39 is 15.9 Å². The van der Waals surface area contributed by atoms with Gasteiger partial charge in [-0.25, -0.2) is 0 Å². The number of amides is 1. The highest BCUT2D eigenvalue weighted by molar-refractivity contribution is 14.1. The Kier molecular flexibility index (Phi) is 8.44. The molecule has 3 N–H and O–H groups in total. The Balaban J connectivity index is 2.13. The number of rotatable bonds is 5. The van der Waals surface area contributed by atoms with Crippen LogP contribution in [0.2, 0.25) is 0 Å². The summed E-state index contributed by atoms with van der Waals surface area (Å²) >= 11 is 25.7. The lowest BCUT2D eigenvalue weighted by atomic mass is 10.2. The van der Waals surface area contributed by atoms with Crippen LogP contribution in [0.25, 0.3) is 0 Å². The van der Waals surface area contributed by atoms with Crippen molar-refractivity contribution in [2.75, 3.05) is 12.4 Å². The molecule has 0 fully saturated rings. The van der Waals surface area contributed by atoms with Crippen LogP contribution in [0.4, 0.5) is 5.69 Å². The Hall–Kier alpha value is -1.000. The van der Waals surface area contributed by atoms with Gasteiger partial charge in [-0.3, -0.25) is 4.79 Å². The van der Waals surface area contributed by atoms with Crippen LogP contribution in [0, 0.1) is 10.5 Å². The highest BCUT2D eigenvalue weighted by Gasteiger charge is 2.35. The summed E-state index contributed by atoms with van der Waals surface area (Å²) < 4.78 is 4.44. The van der Waals surface area contributed by atoms with Crippen molar-refractivity contribution in [2.24, 2.45) is 0 Å². The number of methoxy groups -OCH3 is 1. The molecule has 2 rings (SSSR count). The molecule has 2 aromatic carbocycles. The minimum Gasteiger partial charge on any atom is -0.496 e. The maximum Gasteiger partial charge on any atom is 0.256 e. The number of benzene rings is 2. The second kappa shape index (κ2) is 10.2. The number of halogens is 4. The molecular formula is C18H17Cl3IN3O2S. The summed E-state index contributed by atoms with van der Waals surface area (Å²) in [5.41, 5.74) is 2.11. The molecule has 0 aliphatic heterocycles. The Labute approximate surface area is 197 Å². The molecule has 0 saturated heterocycles. The van der Waals surface area contributed by atoms with E-state index in [4.69, 9.17) is 51.8 Å². The van der Waals surface area contributed by atoms with Gasteiger partial charge in [0.1, 0.15) is 11.9 Å². The van der Waals surface area contributed by atoms with Crippen LogP contribution in [0.5, 0.6) is 5.75 Å². The lowest BCUT2D eigenvalue weighted by molar-refractivity contribution is 0.0931. The van der Waals surface area contributed by atoms with Gasteiger partial charge < -0.3 is 20.7 Å². The van der Waals surface area contributed by atoms with Gasteiger partial charge in [-0.1, -0.05) is 46.9 Å². The molecule has 0 aliphatic rings. The second-order valence-corrected chi connectivity index (χ2v) is 9.73. The Morgan fingerprint density at radius 3 is 2.46 bits per heavy atom. The SMILES string of the molecule is COc1ccccc1C(=O)NC(NC(=S)Nc1ccc(I)cc1C)C(Cl)(Cl)Cl. The zero-order valence-corrected chi connectivity index (χ0v) is 20.1. The molecule has 0 aliphatic carbocycles. The van der Waals surface area contributed by atoms with Gasteiger partial charge in [0.05, 0.1) is 12.7 Å². The van der Waals surface area contributed by atoms with Gasteiger partial charge in [-0.2, -0.15) is 0 Å². The van der Waals surface area contributed by atoms with Gasteiger partial charge in [-0.05, 0) is 77.6 Å². The molecule has 0 spiro atoms. The van der Waals surface area contributed by atoms with E-state index >= 15 is 0 Å². The number of carbonyl (C=O) groups is 1. The van der Waals surface area contributed by atoms with E-state index in [1.165, 1.54) is 7.11 Å². The van der Waals surface area contributed by atoms with Crippen molar-refractivity contribution in [3.8, 4) is 5.75 Å². The van der Waals surface area contributed by atoms with Gasteiger partial charge in [0.2, 0.25) is 3.79 Å². The van der Waals surface area contributed by atoms with Crippen LogP contribution < -0.4 is 20.7 Å². The number of hydrogen-bond acceptors (Lipinski definition) is 3. The minimum atomic E-state index is -1.86. The summed E-state index contributed by atoms with van der Waals surface area (Å²) in [6.45, 7) is 1.95. The summed E-state index contributed by atoms with van der Waals surface area (Å²) in [7, 11) is 1.47. The molecule has 0 aromatic heterocycles. The minimum absolute atomic E-state index is 0.195. The molecule has 150 valence electrons. The monoisotopic (exact) mass is 571 g/mol. The van der Waals surface area contributed by atoms with Gasteiger partial charge in [-0.15, -0.1) is 0 Å². The summed E-state index contributed by atoms with van der Waals surface area (Å²) in [6.07, 6.45) is -1.08. The fourth-order valence-electron chi connectivity index (χ4n) is 2.30. The molecule has 1 atom stereocenters. The highest BCUT2D eigenvalue weighted by atomic mass is 127. The van der Waals surface area contributed by atoms with Crippen LogP contribution in [0.3, 0.4) is 0 Å². The van der Waals surface area contributed by atoms with Crippen molar-refractivity contribution in [1.82, 2.24) is 10.6 Å². The standard InChI is InChI=1S/C18H17Cl3IN3O2S/c1-10-9-11(22)7-8-13(10)23-17(28)25-16(18(19,20)21)24-15(26)12-5-3-4-6-14(12)27-2/h3-9,16H,1-2H3,(H,24,26)(H2,23,25,28). The number of nitrogens with one attached hydrogen (secondary N) is 3. The molecule has 0 radical (unpaired) electrons. The molecule has 0 bridgehead atoms. The fraction of sp³-hybridized carbons (Fsp3) is 0.222. The molecule has 28 heavy (non-hydrogen) atoms. The van der Waals surface area contributed by atoms with Crippen molar-refractivity contribution < 1.29 is 9.53 Å². The first-order chi connectivity index (χ1) is 13.1. The molecule has 0 saturated carbocycles. The zero-order valence-electron chi connectivity index (χ0n) is 14.9. The highest BCUT2D eigenvalue weighted by Crippen LogP contribution is 2.30. The number of para-hydroxylation sites is 1. The van der Waals surface area contributed by atoms with Crippen molar-refractivity contribution in [1.29, 1.82) is 0 Å². The molecule has 1 amide bonds. The third kappa shape index (κ3) is 6.52. The van der Waals surface area contributed by atoms with Crippen LogP contribution in [-0.4, -0.2) is 28.1 Å². The van der Waals surface area contributed by atoms with Crippen LogP contribution in [-0.2, 0) is 0 Å². The quantitative estimate of drug-likeness (QED) is 0.203. The van der Waals surface area contributed by atoms with E-state index in [0.29, 0.717) is 11.3 Å². The Bertz CT molecular complexity index is 877. The number of ether oxygens (including phenoxy) is 1. The molecule has 0 heterocycles. The van der Waals surface area contributed by atoms with Gasteiger partial charge in [0.15, 0.2) is 5.11 Å². The van der Waals surface area contributed by atoms with E-state index in [-0.39, 0.29) is 5.11 Å². The van der Waals surface area contributed by atoms with Crippen LogP contribution in [0.1, 0.15) is 15.9 Å². The number of carbonyl (C=O) groups excluding carboxylic acids is 1. The molecular weight excluding hydrogens is 556 g/mol. The first kappa shape index (κ1) is 23.3. The predicted molar refractivity (Wildman–Crippen MR) is 128 cm³/mol. The number of aryl methyl sites for hydroxylation is 1. The number of hydrogen-bond donors (Lipinski definition) is 3. The van der Waals surface area contributed by atoms with E-state index in [1.54, 1.807) is 24.3 Å². The smallest absolute Gasteiger partial charge is 0.256 e. The van der Waals surface area contributed by atoms with Gasteiger partial charge in [0, 0.05) is 9.26 Å². The zero-order chi connectivity index (χ0) is 20.9. The van der Waals surface area contributed by atoms with Crippen molar-refractivity contribution in [3.63, 3.8) is 0 Å². The second-order valence-electron chi connectivity index (χ2n) is 5.71. The maximum absolute atomic E-state index is 12.6. The summed E-state index contributed by atoms with van der Waals surface area (Å²) in [5, 5.41) is 8.71. The van der Waals surface area contributed by atoms with Gasteiger partial charge in [0.25, 0.3) is 5.91 Å². The maximum atomic E-state index is 12.6. The fourth-order valence-corrected chi connectivity index (χ4v) is 3.50. The predicted octanol–water partition coefficient (Wildman–Crippen LogP) is 5.02. The molecule has 1 unspecified atom stereocenters. The average Bonchev–Trinajstić information content (AvgIpc) is 2.62. The lowest BCUT2D eigenvalue weighted by Gasteiger charge is -2.28. The first-order valence-corrected chi connectivity index (χ1v) is 10.6. The van der Waals surface area contributed by atoms with Crippen LogP contribution >= 0.6 is 69.6 Å². The Morgan fingerprint density at radius 2 is 1.86 bits per heavy atom. The molecule has 10 heteroatoms. The third-order valence-corrected chi connectivity index (χ3v) is 5.21. The van der Waals surface area contributed by atoms with E-state index in [9.17, 15) is 4.79 Å². The average molecular weight is 573 g/mol. The number of anilines is 1. The third-order valence-electron chi connectivity index (χ3n) is 3.67. The lowest BCUT2D eigenvalue weighted by Crippen LogP contribution is -2.56. The van der Waals surface area contributed by atoms with Crippen LogP contribution in [0.15, 0.2) is 42.5 Å². The largest absolute Gasteiger partial charge is 0.496 e.